The summed E-state index contributed by atoms with van der Waals surface area (Å²) in [4.78, 5) is 0. The van der Waals surface area contributed by atoms with E-state index in [2.05, 4.69) is 10.5 Å². The van der Waals surface area contributed by atoms with Gasteiger partial charge in [0.2, 0.25) is 0 Å². The summed E-state index contributed by atoms with van der Waals surface area (Å²) in [5.41, 5.74) is 3.00. The molecule has 0 radical (unpaired) electrons. The van der Waals surface area contributed by atoms with E-state index in [1.807, 2.05) is 22.6 Å². The lowest BCUT2D eigenvalue weighted by Crippen LogP contribution is -2.32. The van der Waals surface area contributed by atoms with Crippen molar-refractivity contribution in [2.75, 3.05) is 0 Å². The fraction of sp³-hybridized carbons (Fsp3) is 0. The average Bonchev–Trinajstić information content (AvgIpc) is 2.10. The van der Waals surface area contributed by atoms with Gasteiger partial charge in [-0.3, -0.25) is 0 Å². The first-order valence-corrected chi connectivity index (χ1v) is 4.47. The molecule has 6 heteroatoms. The number of nitrogens with two attached hydrogens (primary N) is 2. The van der Waals surface area contributed by atoms with Gasteiger partial charge in [-0.2, -0.15) is 5.10 Å². The molecule has 0 unspecified atom stereocenters. The van der Waals surface area contributed by atoms with Crippen molar-refractivity contribution in [1.82, 2.24) is 5.43 Å². The van der Waals surface area contributed by atoms with Crippen LogP contribution in [0.5, 0.6) is 0 Å². The fourth-order valence-corrected chi connectivity index (χ4v) is 1.60. The number of rotatable bonds is 1. The van der Waals surface area contributed by atoms with E-state index in [1.54, 1.807) is 6.07 Å². The maximum absolute atomic E-state index is 12.7. The van der Waals surface area contributed by atoms with Gasteiger partial charge in [0, 0.05) is 9.13 Å². The highest BCUT2D eigenvalue weighted by Crippen LogP contribution is 2.13. The lowest BCUT2D eigenvalue weighted by molar-refractivity contribution is 0.626. The average molecular weight is 294 g/mol. The van der Waals surface area contributed by atoms with Crippen LogP contribution in [0.25, 0.3) is 0 Å². The molecule has 0 aromatic heterocycles. The van der Waals surface area contributed by atoms with Gasteiger partial charge in [-0.1, -0.05) is 0 Å². The molecule has 0 heterocycles. The first-order chi connectivity index (χ1) is 6.19. The molecule has 1 aromatic carbocycles. The van der Waals surface area contributed by atoms with Crippen LogP contribution in [0.3, 0.4) is 0 Å². The van der Waals surface area contributed by atoms with Crippen LogP contribution in [0.4, 0.5) is 4.39 Å². The number of amidine groups is 1. The third kappa shape index (κ3) is 2.28. The van der Waals surface area contributed by atoms with E-state index in [1.165, 1.54) is 12.1 Å². The quantitative estimate of drug-likeness (QED) is 0.232. The molecule has 13 heavy (non-hydrogen) atoms. The van der Waals surface area contributed by atoms with Gasteiger partial charge in [0.05, 0.1) is 0 Å². The predicted octanol–water partition coefficient (Wildman–Crippen LogP) is 0.514. The largest absolute Gasteiger partial charge is 0.321 e. The van der Waals surface area contributed by atoms with Crippen molar-refractivity contribution >= 4 is 28.4 Å². The third-order valence-corrected chi connectivity index (χ3v) is 2.34. The van der Waals surface area contributed by atoms with Crippen molar-refractivity contribution in [2.45, 2.75) is 0 Å². The smallest absolute Gasteiger partial charge is 0.167 e. The molecule has 4 nitrogen and oxygen atoms in total. The van der Waals surface area contributed by atoms with Crippen molar-refractivity contribution < 1.29 is 4.39 Å². The number of nitrogens with one attached hydrogen (secondary N) is 1. The standard InChI is InChI=1S/C7H8FIN4/c8-4-1-2-5(6(9)3-4)7(12-10)13-11/h1-3H,10-11H2,(H,12,13). The highest BCUT2D eigenvalue weighted by atomic mass is 127. The van der Waals surface area contributed by atoms with Crippen LogP contribution in [-0.2, 0) is 0 Å². The number of hydrogen-bond acceptors (Lipinski definition) is 3. The summed E-state index contributed by atoms with van der Waals surface area (Å²) in [6.07, 6.45) is 0. The number of hydrazine groups is 1. The van der Waals surface area contributed by atoms with Crippen LogP contribution >= 0.6 is 22.6 Å². The van der Waals surface area contributed by atoms with Crippen molar-refractivity contribution in [3.63, 3.8) is 0 Å². The third-order valence-electron chi connectivity index (χ3n) is 1.45. The van der Waals surface area contributed by atoms with Gasteiger partial charge in [0.1, 0.15) is 5.82 Å². The summed E-state index contributed by atoms with van der Waals surface area (Å²) in [6, 6.07) is 4.25. The minimum Gasteiger partial charge on any atom is -0.321 e. The summed E-state index contributed by atoms with van der Waals surface area (Å²) in [5, 5.41) is 3.42. The minimum atomic E-state index is -0.304. The zero-order valence-corrected chi connectivity index (χ0v) is 8.75. The van der Waals surface area contributed by atoms with E-state index in [0.717, 1.165) is 0 Å². The van der Waals surface area contributed by atoms with Crippen LogP contribution < -0.4 is 17.1 Å². The van der Waals surface area contributed by atoms with Crippen molar-refractivity contribution in [2.24, 2.45) is 16.8 Å². The van der Waals surface area contributed by atoms with Gasteiger partial charge >= 0.3 is 0 Å². The summed E-state index contributed by atoms with van der Waals surface area (Å²) < 4.78 is 13.4. The minimum absolute atomic E-state index is 0.304. The molecule has 0 aliphatic heterocycles. The summed E-state index contributed by atoms with van der Waals surface area (Å²) in [5.74, 6) is 10.3. The lowest BCUT2D eigenvalue weighted by atomic mass is 10.2. The molecule has 0 bridgehead atoms. The molecular formula is C7H8FIN4. The molecule has 1 aromatic rings. The van der Waals surface area contributed by atoms with Crippen molar-refractivity contribution in [3.8, 4) is 0 Å². The van der Waals surface area contributed by atoms with E-state index in [-0.39, 0.29) is 5.82 Å². The zero-order chi connectivity index (χ0) is 9.84. The van der Waals surface area contributed by atoms with E-state index >= 15 is 0 Å². The van der Waals surface area contributed by atoms with Gasteiger partial charge < -0.3 is 11.3 Å². The summed E-state index contributed by atoms with van der Waals surface area (Å²) in [6.45, 7) is 0. The number of benzene rings is 1. The first-order valence-electron chi connectivity index (χ1n) is 3.39. The lowest BCUT2D eigenvalue weighted by Gasteiger charge is -2.05. The van der Waals surface area contributed by atoms with Crippen molar-refractivity contribution in [1.29, 1.82) is 0 Å². The number of halogens is 2. The Morgan fingerprint density at radius 2 is 2.23 bits per heavy atom. The fourth-order valence-electron chi connectivity index (χ4n) is 0.866. The Kier molecular flexibility index (Phi) is 3.43. The molecule has 0 saturated carbocycles. The Hall–Kier alpha value is -0.890. The van der Waals surface area contributed by atoms with Crippen LogP contribution in [0, 0.1) is 9.39 Å². The highest BCUT2D eigenvalue weighted by Gasteiger charge is 2.06. The second kappa shape index (κ2) is 4.38. The molecule has 0 aliphatic carbocycles. The van der Waals surface area contributed by atoms with Crippen LogP contribution in [0.15, 0.2) is 23.3 Å². The molecular weight excluding hydrogens is 286 g/mol. The van der Waals surface area contributed by atoms with Gasteiger partial charge in [0.25, 0.3) is 0 Å². The number of hydrogen-bond donors (Lipinski definition) is 3. The molecule has 0 fully saturated rings. The molecule has 0 amide bonds. The molecule has 0 saturated heterocycles. The molecule has 5 N–H and O–H groups in total. The van der Waals surface area contributed by atoms with Gasteiger partial charge in [-0.15, -0.1) is 0 Å². The Morgan fingerprint density at radius 1 is 1.54 bits per heavy atom. The molecule has 0 aliphatic rings. The van der Waals surface area contributed by atoms with Crippen LogP contribution in [0.2, 0.25) is 0 Å². The number of hydrazone groups is 1. The topological polar surface area (TPSA) is 76.4 Å². The maximum Gasteiger partial charge on any atom is 0.167 e. The van der Waals surface area contributed by atoms with E-state index in [4.69, 9.17) is 11.7 Å². The second-order valence-electron chi connectivity index (χ2n) is 2.25. The Labute approximate surface area is 88.3 Å². The van der Waals surface area contributed by atoms with Gasteiger partial charge in [-0.25, -0.2) is 10.2 Å². The highest BCUT2D eigenvalue weighted by molar-refractivity contribution is 14.1. The SMILES string of the molecule is N/N=C(\NN)c1ccc(F)cc1I. The van der Waals surface area contributed by atoms with E-state index in [0.29, 0.717) is 15.0 Å². The Balaban J connectivity index is 3.15. The first kappa shape index (κ1) is 10.2. The number of nitrogens with zero attached hydrogens (tertiary/aromatic N) is 1. The van der Waals surface area contributed by atoms with Crippen molar-refractivity contribution in [3.05, 3.63) is 33.1 Å². The van der Waals surface area contributed by atoms with Crippen LogP contribution in [-0.4, -0.2) is 5.84 Å². The molecule has 70 valence electrons. The summed E-state index contributed by atoms with van der Waals surface area (Å²) >= 11 is 1.98. The van der Waals surface area contributed by atoms with Gasteiger partial charge in [0.15, 0.2) is 5.84 Å². The molecule has 0 spiro atoms. The molecule has 0 atom stereocenters. The van der Waals surface area contributed by atoms with Gasteiger partial charge in [-0.05, 0) is 40.8 Å². The Morgan fingerprint density at radius 3 is 2.69 bits per heavy atom. The van der Waals surface area contributed by atoms with E-state index < -0.39 is 0 Å². The normalized spacial score (nSPS) is 11.5. The Bertz CT molecular complexity index is 339. The zero-order valence-electron chi connectivity index (χ0n) is 6.59. The monoisotopic (exact) mass is 294 g/mol. The van der Waals surface area contributed by atoms with Crippen LogP contribution in [0.1, 0.15) is 5.56 Å². The second-order valence-corrected chi connectivity index (χ2v) is 3.41. The summed E-state index contributed by atoms with van der Waals surface area (Å²) in [7, 11) is 0. The molecule has 1 rings (SSSR count). The predicted molar refractivity (Wildman–Crippen MR) is 57.2 cm³/mol. The maximum atomic E-state index is 12.7. The van der Waals surface area contributed by atoms with E-state index in [9.17, 15) is 4.39 Å².